The van der Waals surface area contributed by atoms with Crippen LogP contribution in [0.25, 0.3) is 10.4 Å². The minimum atomic E-state index is 0.588. The summed E-state index contributed by atoms with van der Waals surface area (Å²) in [4.78, 5) is 5.04. The topological polar surface area (TPSA) is 38.9 Å². The zero-order valence-corrected chi connectivity index (χ0v) is 8.27. The van der Waals surface area contributed by atoms with Gasteiger partial charge in [-0.15, -0.1) is 0 Å². The van der Waals surface area contributed by atoms with E-state index in [1.807, 2.05) is 24.3 Å². The summed E-state index contributed by atoms with van der Waals surface area (Å²) in [7, 11) is 0. The van der Waals surface area contributed by atoms with Crippen molar-refractivity contribution in [1.29, 1.82) is 0 Å². The molecule has 2 rings (SSSR count). The summed E-state index contributed by atoms with van der Waals surface area (Å²) in [5.74, 6) is 0. The highest BCUT2D eigenvalue weighted by Crippen LogP contribution is 2.27. The molecule has 0 aliphatic rings. The molecule has 0 bridgehead atoms. The van der Waals surface area contributed by atoms with E-state index in [2.05, 4.69) is 4.98 Å². The minimum Gasteiger partial charge on any atom is -0.375 e. The van der Waals surface area contributed by atoms with Gasteiger partial charge in [-0.2, -0.15) is 0 Å². The lowest BCUT2D eigenvalue weighted by Crippen LogP contribution is -1.77. The van der Waals surface area contributed by atoms with E-state index in [9.17, 15) is 0 Å². The van der Waals surface area contributed by atoms with Crippen LogP contribution < -0.4 is 5.73 Å². The first-order valence-corrected chi connectivity index (χ1v) is 4.92. The summed E-state index contributed by atoms with van der Waals surface area (Å²) in [5.41, 5.74) is 6.62. The number of nitrogens with zero attached hydrogens (tertiary/aromatic N) is 1. The summed E-state index contributed by atoms with van der Waals surface area (Å²) in [5, 5.41) is 1.33. The van der Waals surface area contributed by atoms with E-state index < -0.39 is 0 Å². The molecule has 0 saturated carbocycles. The maximum atomic E-state index is 5.77. The number of nitrogens with two attached hydrogens (primary N) is 1. The van der Waals surface area contributed by atoms with Gasteiger partial charge in [-0.3, -0.25) is 0 Å². The lowest BCUT2D eigenvalue weighted by atomic mass is 10.2. The second-order valence-corrected chi connectivity index (χ2v) is 4.07. The molecule has 1 heterocycles. The highest BCUT2D eigenvalue weighted by Gasteiger charge is 2.00. The Bertz CT molecular complexity index is 408. The molecule has 0 amide bonds. The first-order valence-electron chi connectivity index (χ1n) is 3.73. The number of aromatic nitrogens is 1. The van der Waals surface area contributed by atoms with Gasteiger partial charge in [0.15, 0.2) is 5.13 Å². The van der Waals surface area contributed by atoms with Crippen molar-refractivity contribution in [3.63, 3.8) is 0 Å². The SMILES string of the molecule is Nc1ncc(-c2ccc(Cl)cc2)s1. The largest absolute Gasteiger partial charge is 0.375 e. The monoisotopic (exact) mass is 210 g/mol. The van der Waals surface area contributed by atoms with Gasteiger partial charge in [0.05, 0.1) is 4.88 Å². The number of anilines is 1. The molecule has 0 saturated heterocycles. The van der Waals surface area contributed by atoms with Gasteiger partial charge in [-0.05, 0) is 17.7 Å². The molecule has 0 aliphatic carbocycles. The highest BCUT2D eigenvalue weighted by atomic mass is 35.5. The summed E-state index contributed by atoms with van der Waals surface area (Å²) in [6, 6.07) is 7.62. The fourth-order valence-electron chi connectivity index (χ4n) is 1.04. The zero-order chi connectivity index (χ0) is 9.26. The Balaban J connectivity index is 2.41. The van der Waals surface area contributed by atoms with Crippen LogP contribution in [0.5, 0.6) is 0 Å². The number of nitrogen functional groups attached to an aromatic ring is 1. The Hall–Kier alpha value is -1.06. The van der Waals surface area contributed by atoms with Crippen molar-refractivity contribution in [2.75, 3.05) is 5.73 Å². The van der Waals surface area contributed by atoms with Gasteiger partial charge in [0.1, 0.15) is 0 Å². The van der Waals surface area contributed by atoms with Crippen molar-refractivity contribution < 1.29 is 0 Å². The van der Waals surface area contributed by atoms with Crippen LogP contribution in [0.15, 0.2) is 30.5 Å². The van der Waals surface area contributed by atoms with Gasteiger partial charge in [0.25, 0.3) is 0 Å². The van der Waals surface area contributed by atoms with Crippen molar-refractivity contribution >= 4 is 28.1 Å². The number of thiazole rings is 1. The highest BCUT2D eigenvalue weighted by molar-refractivity contribution is 7.18. The molecular formula is C9H7ClN2S. The fraction of sp³-hybridized carbons (Fsp3) is 0. The Kier molecular flexibility index (Phi) is 2.20. The lowest BCUT2D eigenvalue weighted by molar-refractivity contribution is 1.42. The molecule has 2 N–H and O–H groups in total. The number of benzene rings is 1. The maximum absolute atomic E-state index is 5.77. The molecule has 1 aromatic heterocycles. The van der Waals surface area contributed by atoms with Gasteiger partial charge in [0, 0.05) is 11.2 Å². The molecule has 0 fully saturated rings. The quantitative estimate of drug-likeness (QED) is 0.786. The van der Waals surface area contributed by atoms with Gasteiger partial charge < -0.3 is 5.73 Å². The Labute approximate surface area is 85.0 Å². The standard InChI is InChI=1S/C9H7ClN2S/c10-7-3-1-6(2-4-7)8-5-12-9(11)13-8/h1-5H,(H2,11,12). The third kappa shape index (κ3) is 1.82. The van der Waals surface area contributed by atoms with Crippen LogP contribution in [-0.4, -0.2) is 4.98 Å². The second-order valence-electron chi connectivity index (χ2n) is 2.57. The van der Waals surface area contributed by atoms with Crippen LogP contribution in [0.2, 0.25) is 5.02 Å². The van der Waals surface area contributed by atoms with Gasteiger partial charge >= 0.3 is 0 Å². The van der Waals surface area contributed by atoms with Crippen molar-refractivity contribution in [3.05, 3.63) is 35.5 Å². The average Bonchev–Trinajstić information content (AvgIpc) is 2.53. The van der Waals surface area contributed by atoms with Crippen molar-refractivity contribution in [2.24, 2.45) is 0 Å². The minimum absolute atomic E-state index is 0.588. The molecule has 0 unspecified atom stereocenters. The van der Waals surface area contributed by atoms with E-state index in [1.54, 1.807) is 6.20 Å². The fourth-order valence-corrected chi connectivity index (χ4v) is 1.85. The first-order chi connectivity index (χ1) is 6.25. The Morgan fingerprint density at radius 2 is 1.92 bits per heavy atom. The van der Waals surface area contributed by atoms with E-state index in [0.717, 1.165) is 15.5 Å². The Morgan fingerprint density at radius 1 is 1.23 bits per heavy atom. The van der Waals surface area contributed by atoms with Crippen LogP contribution in [-0.2, 0) is 0 Å². The van der Waals surface area contributed by atoms with Crippen molar-refractivity contribution in [2.45, 2.75) is 0 Å². The molecule has 1 aromatic carbocycles. The van der Waals surface area contributed by atoms with E-state index in [0.29, 0.717) is 5.13 Å². The van der Waals surface area contributed by atoms with Crippen LogP contribution in [0.4, 0.5) is 5.13 Å². The number of halogens is 1. The molecule has 2 aromatic rings. The first kappa shape index (κ1) is 8.53. The molecule has 13 heavy (non-hydrogen) atoms. The smallest absolute Gasteiger partial charge is 0.180 e. The molecular weight excluding hydrogens is 204 g/mol. The predicted molar refractivity (Wildman–Crippen MR) is 57.0 cm³/mol. The van der Waals surface area contributed by atoms with Crippen LogP contribution in [0.3, 0.4) is 0 Å². The third-order valence-corrected chi connectivity index (χ3v) is 2.78. The maximum Gasteiger partial charge on any atom is 0.180 e. The molecule has 2 nitrogen and oxygen atoms in total. The van der Waals surface area contributed by atoms with E-state index in [4.69, 9.17) is 17.3 Å². The number of hydrogen-bond acceptors (Lipinski definition) is 3. The summed E-state index contributed by atoms with van der Waals surface area (Å²) in [6.45, 7) is 0. The molecule has 0 atom stereocenters. The number of hydrogen-bond donors (Lipinski definition) is 1. The van der Waals surface area contributed by atoms with E-state index in [-0.39, 0.29) is 0 Å². The molecule has 0 aliphatic heterocycles. The van der Waals surface area contributed by atoms with Gasteiger partial charge in [0.2, 0.25) is 0 Å². The average molecular weight is 211 g/mol. The van der Waals surface area contributed by atoms with Gasteiger partial charge in [-0.25, -0.2) is 4.98 Å². The molecule has 66 valence electrons. The van der Waals surface area contributed by atoms with E-state index >= 15 is 0 Å². The third-order valence-electron chi connectivity index (χ3n) is 1.65. The van der Waals surface area contributed by atoms with Crippen LogP contribution >= 0.6 is 22.9 Å². The van der Waals surface area contributed by atoms with Crippen LogP contribution in [0.1, 0.15) is 0 Å². The summed E-state index contributed by atoms with van der Waals surface area (Å²) >= 11 is 7.24. The zero-order valence-electron chi connectivity index (χ0n) is 6.70. The van der Waals surface area contributed by atoms with Crippen molar-refractivity contribution in [1.82, 2.24) is 4.98 Å². The molecule has 0 radical (unpaired) electrons. The summed E-state index contributed by atoms with van der Waals surface area (Å²) < 4.78 is 0. The predicted octanol–water partition coefficient (Wildman–Crippen LogP) is 3.05. The number of rotatable bonds is 1. The normalized spacial score (nSPS) is 10.2. The summed E-state index contributed by atoms with van der Waals surface area (Å²) in [6.07, 6.45) is 1.77. The Morgan fingerprint density at radius 3 is 2.46 bits per heavy atom. The lowest BCUT2D eigenvalue weighted by Gasteiger charge is -1.94. The van der Waals surface area contributed by atoms with Gasteiger partial charge in [-0.1, -0.05) is 35.1 Å². The molecule has 4 heteroatoms. The van der Waals surface area contributed by atoms with Crippen molar-refractivity contribution in [3.8, 4) is 10.4 Å². The molecule has 0 spiro atoms. The van der Waals surface area contributed by atoms with E-state index in [1.165, 1.54) is 11.3 Å². The second kappa shape index (κ2) is 3.36. The van der Waals surface area contributed by atoms with Crippen LogP contribution in [0, 0.1) is 0 Å².